The van der Waals surface area contributed by atoms with E-state index in [0.717, 1.165) is 25.9 Å². The predicted molar refractivity (Wildman–Crippen MR) is 121 cm³/mol. The third-order valence-electron chi connectivity index (χ3n) is 6.35. The van der Waals surface area contributed by atoms with Crippen LogP contribution in [0.1, 0.15) is 43.0 Å². The smallest absolute Gasteiger partial charge is 0.286 e. The van der Waals surface area contributed by atoms with Gasteiger partial charge in [-0.3, -0.25) is 19.7 Å². The molecule has 2 saturated heterocycles. The summed E-state index contributed by atoms with van der Waals surface area (Å²) in [4.78, 5) is 40.7. The van der Waals surface area contributed by atoms with Crippen LogP contribution in [0.15, 0.2) is 12.1 Å². The lowest BCUT2D eigenvalue weighted by Crippen LogP contribution is -2.47. The summed E-state index contributed by atoms with van der Waals surface area (Å²) in [6, 6.07) is 2.57. The van der Waals surface area contributed by atoms with Crippen molar-refractivity contribution in [3.63, 3.8) is 0 Å². The number of amides is 2. The third kappa shape index (κ3) is 5.93. The molecule has 1 atom stereocenters. The molecular formula is C23H33N3O7. The SMILES string of the molecule is COCCOc1cc([N+](=O)[O-])c(C(=O)N2CCC(C(=O)N3CCCC(C)C3)CC2)cc1OC. The van der Waals surface area contributed by atoms with Crippen LogP contribution in [0.5, 0.6) is 11.5 Å². The Morgan fingerprint density at radius 1 is 1.06 bits per heavy atom. The maximum absolute atomic E-state index is 13.2. The lowest BCUT2D eigenvalue weighted by molar-refractivity contribution is -0.385. The number of benzene rings is 1. The average molecular weight is 464 g/mol. The zero-order valence-corrected chi connectivity index (χ0v) is 19.6. The van der Waals surface area contributed by atoms with Gasteiger partial charge in [0.2, 0.25) is 5.91 Å². The van der Waals surface area contributed by atoms with E-state index in [1.807, 2.05) is 4.90 Å². The molecule has 2 aliphatic heterocycles. The highest BCUT2D eigenvalue weighted by molar-refractivity contribution is 5.99. The molecule has 10 heteroatoms. The van der Waals surface area contributed by atoms with Crippen LogP contribution in [0.2, 0.25) is 0 Å². The summed E-state index contributed by atoms with van der Waals surface area (Å²) in [5.41, 5.74) is -0.390. The molecule has 2 amide bonds. The second-order valence-corrected chi connectivity index (χ2v) is 8.72. The Balaban J connectivity index is 1.70. The highest BCUT2D eigenvalue weighted by Crippen LogP contribution is 2.36. The molecule has 0 aliphatic carbocycles. The van der Waals surface area contributed by atoms with Gasteiger partial charge in [-0.05, 0) is 31.6 Å². The minimum Gasteiger partial charge on any atom is -0.493 e. The van der Waals surface area contributed by atoms with Crippen molar-refractivity contribution in [2.24, 2.45) is 11.8 Å². The van der Waals surface area contributed by atoms with Crippen molar-refractivity contribution in [2.75, 3.05) is 53.6 Å². The lowest BCUT2D eigenvalue weighted by Gasteiger charge is -2.37. The van der Waals surface area contributed by atoms with Gasteiger partial charge in [0.05, 0.1) is 24.7 Å². The lowest BCUT2D eigenvalue weighted by atomic mass is 9.92. The summed E-state index contributed by atoms with van der Waals surface area (Å²) in [7, 11) is 2.94. The van der Waals surface area contributed by atoms with E-state index in [1.54, 1.807) is 4.90 Å². The number of nitro benzene ring substituents is 1. The number of hydrogen-bond donors (Lipinski definition) is 0. The van der Waals surface area contributed by atoms with E-state index in [9.17, 15) is 19.7 Å². The van der Waals surface area contributed by atoms with E-state index in [1.165, 1.54) is 26.4 Å². The fraction of sp³-hybridized carbons (Fsp3) is 0.652. The molecule has 0 bridgehead atoms. The minimum atomic E-state index is -0.594. The van der Waals surface area contributed by atoms with E-state index in [4.69, 9.17) is 14.2 Å². The van der Waals surface area contributed by atoms with Crippen molar-refractivity contribution in [1.82, 2.24) is 9.80 Å². The molecule has 33 heavy (non-hydrogen) atoms. The van der Waals surface area contributed by atoms with Crippen molar-refractivity contribution in [1.29, 1.82) is 0 Å². The number of ether oxygens (including phenoxy) is 3. The standard InChI is InChI=1S/C23H33N3O7/c1-16-5-4-8-25(15-16)22(27)17-6-9-24(10-7-17)23(28)18-13-20(32-3)21(33-12-11-31-2)14-19(18)26(29)30/h13-14,16-17H,4-12,15H2,1-3H3. The quantitative estimate of drug-likeness (QED) is 0.331. The fourth-order valence-corrected chi connectivity index (χ4v) is 4.53. The maximum Gasteiger partial charge on any atom is 0.286 e. The normalized spacial score (nSPS) is 19.3. The summed E-state index contributed by atoms with van der Waals surface area (Å²) in [6.45, 7) is 5.01. The zero-order valence-electron chi connectivity index (χ0n) is 19.6. The molecule has 0 spiro atoms. The van der Waals surface area contributed by atoms with E-state index in [2.05, 4.69) is 6.92 Å². The number of nitro groups is 1. The molecule has 0 radical (unpaired) electrons. The molecular weight excluding hydrogens is 430 g/mol. The first-order valence-electron chi connectivity index (χ1n) is 11.4. The Hall–Kier alpha value is -2.88. The number of hydrogen-bond acceptors (Lipinski definition) is 7. The van der Waals surface area contributed by atoms with Gasteiger partial charge in [-0.25, -0.2) is 0 Å². The van der Waals surface area contributed by atoms with Crippen LogP contribution in [-0.2, 0) is 9.53 Å². The monoisotopic (exact) mass is 463 g/mol. The van der Waals surface area contributed by atoms with E-state index >= 15 is 0 Å². The van der Waals surface area contributed by atoms with Gasteiger partial charge in [-0.1, -0.05) is 6.92 Å². The van der Waals surface area contributed by atoms with Gasteiger partial charge in [0.15, 0.2) is 11.5 Å². The zero-order chi connectivity index (χ0) is 24.0. The Bertz CT molecular complexity index is 868. The molecule has 2 fully saturated rings. The highest BCUT2D eigenvalue weighted by atomic mass is 16.6. The number of likely N-dealkylation sites (tertiary alicyclic amines) is 2. The molecule has 10 nitrogen and oxygen atoms in total. The van der Waals surface area contributed by atoms with E-state index in [-0.39, 0.29) is 41.2 Å². The van der Waals surface area contributed by atoms with Gasteiger partial charge in [-0.15, -0.1) is 0 Å². The number of piperidine rings is 2. The van der Waals surface area contributed by atoms with Gasteiger partial charge >= 0.3 is 0 Å². The van der Waals surface area contributed by atoms with Gasteiger partial charge < -0.3 is 24.0 Å². The molecule has 3 rings (SSSR count). The minimum absolute atomic E-state index is 0.0504. The van der Waals surface area contributed by atoms with Crippen molar-refractivity contribution >= 4 is 17.5 Å². The van der Waals surface area contributed by atoms with E-state index < -0.39 is 10.8 Å². The highest BCUT2D eigenvalue weighted by Gasteiger charge is 2.34. The maximum atomic E-state index is 13.2. The second-order valence-electron chi connectivity index (χ2n) is 8.72. The van der Waals surface area contributed by atoms with Crippen molar-refractivity contribution < 1.29 is 28.7 Å². The Morgan fingerprint density at radius 2 is 1.79 bits per heavy atom. The summed E-state index contributed by atoms with van der Waals surface area (Å²) in [6.07, 6.45) is 3.29. The van der Waals surface area contributed by atoms with Crippen molar-refractivity contribution in [2.45, 2.75) is 32.6 Å². The molecule has 1 aromatic rings. The third-order valence-corrected chi connectivity index (χ3v) is 6.35. The molecule has 182 valence electrons. The summed E-state index contributed by atoms with van der Waals surface area (Å²) in [5.74, 6) is 0.545. The Kier molecular flexibility index (Phi) is 8.49. The van der Waals surface area contributed by atoms with Crippen LogP contribution in [0.3, 0.4) is 0 Å². The van der Waals surface area contributed by atoms with Crippen molar-refractivity contribution in [3.8, 4) is 11.5 Å². The van der Waals surface area contributed by atoms with Gasteiger partial charge in [0.25, 0.3) is 11.6 Å². The summed E-state index contributed by atoms with van der Waals surface area (Å²) in [5, 5.41) is 11.7. The van der Waals surface area contributed by atoms with Crippen LogP contribution in [-0.4, -0.2) is 80.1 Å². The summed E-state index contributed by atoms with van der Waals surface area (Å²) < 4.78 is 15.8. The number of nitrogens with zero attached hydrogens (tertiary/aromatic N) is 3. The molecule has 2 heterocycles. The van der Waals surface area contributed by atoms with Gasteiger partial charge in [0.1, 0.15) is 12.2 Å². The molecule has 2 aliphatic rings. The Labute approximate surface area is 193 Å². The molecule has 0 N–H and O–H groups in total. The topological polar surface area (TPSA) is 111 Å². The van der Waals surface area contributed by atoms with E-state index in [0.29, 0.717) is 38.5 Å². The van der Waals surface area contributed by atoms with Crippen LogP contribution in [0, 0.1) is 22.0 Å². The van der Waals surface area contributed by atoms with Crippen LogP contribution in [0.4, 0.5) is 5.69 Å². The molecule has 1 unspecified atom stereocenters. The number of carbonyl (C=O) groups excluding carboxylic acids is 2. The number of methoxy groups -OCH3 is 2. The van der Waals surface area contributed by atoms with Crippen LogP contribution < -0.4 is 9.47 Å². The van der Waals surface area contributed by atoms with Gasteiger partial charge in [-0.2, -0.15) is 0 Å². The number of rotatable bonds is 8. The number of carbonyl (C=O) groups is 2. The molecule has 0 saturated carbocycles. The Morgan fingerprint density at radius 3 is 2.39 bits per heavy atom. The average Bonchev–Trinajstić information content (AvgIpc) is 2.83. The predicted octanol–water partition coefficient (Wildman–Crippen LogP) is 2.74. The van der Waals surface area contributed by atoms with Gasteiger partial charge in [0, 0.05) is 45.3 Å². The van der Waals surface area contributed by atoms with Crippen LogP contribution >= 0.6 is 0 Å². The fourth-order valence-electron chi connectivity index (χ4n) is 4.53. The van der Waals surface area contributed by atoms with Crippen molar-refractivity contribution in [3.05, 3.63) is 27.8 Å². The first-order chi connectivity index (χ1) is 15.8. The summed E-state index contributed by atoms with van der Waals surface area (Å²) >= 11 is 0. The molecule has 1 aromatic carbocycles. The first kappa shape index (κ1) is 24.8. The largest absolute Gasteiger partial charge is 0.493 e. The molecule has 0 aromatic heterocycles. The van der Waals surface area contributed by atoms with Crippen LogP contribution in [0.25, 0.3) is 0 Å². The second kappa shape index (κ2) is 11.3. The first-order valence-corrected chi connectivity index (χ1v) is 11.4.